The summed E-state index contributed by atoms with van der Waals surface area (Å²) in [6.45, 7) is 3.17. The quantitative estimate of drug-likeness (QED) is 0.852. The van der Waals surface area contributed by atoms with Gasteiger partial charge >= 0.3 is 6.18 Å². The maximum absolute atomic E-state index is 13.1. The first-order chi connectivity index (χ1) is 8.74. The molecule has 0 aromatic rings. The van der Waals surface area contributed by atoms with Gasteiger partial charge in [0.1, 0.15) is 17.6 Å². The van der Waals surface area contributed by atoms with E-state index < -0.39 is 35.6 Å². The number of nitrogens with zero attached hydrogens (tertiary/aromatic N) is 1. The summed E-state index contributed by atoms with van der Waals surface area (Å²) in [5, 5.41) is 2.50. The number of rotatable bonds is 3. The number of alkyl halides is 3. The highest BCUT2D eigenvalue weighted by molar-refractivity contribution is 5.97. The molecule has 0 spiro atoms. The van der Waals surface area contributed by atoms with Gasteiger partial charge in [-0.1, -0.05) is 13.3 Å². The van der Waals surface area contributed by atoms with Gasteiger partial charge in [-0.05, 0) is 26.2 Å². The van der Waals surface area contributed by atoms with Crippen molar-refractivity contribution in [3.05, 3.63) is 0 Å². The minimum Gasteiger partial charge on any atom is -0.343 e. The van der Waals surface area contributed by atoms with Crippen LogP contribution in [0, 0.1) is 0 Å². The molecule has 2 fully saturated rings. The Morgan fingerprint density at radius 1 is 1.37 bits per heavy atom. The third-order valence-corrected chi connectivity index (χ3v) is 3.91. The first-order valence-corrected chi connectivity index (χ1v) is 6.45. The largest absolute Gasteiger partial charge is 0.411 e. The molecule has 1 aliphatic carbocycles. The molecule has 19 heavy (non-hydrogen) atoms. The molecule has 1 saturated heterocycles. The van der Waals surface area contributed by atoms with Gasteiger partial charge in [-0.2, -0.15) is 13.2 Å². The summed E-state index contributed by atoms with van der Waals surface area (Å²) in [6.07, 6.45) is -3.72. The SMILES string of the molecule is CCCC1NC(=O)C(C)N(C2(C(F)(F)F)CC2)C1=O. The fourth-order valence-corrected chi connectivity index (χ4v) is 2.68. The molecule has 2 rings (SSSR count). The van der Waals surface area contributed by atoms with E-state index in [4.69, 9.17) is 0 Å². The normalized spacial score (nSPS) is 30.3. The average Bonchev–Trinajstić information content (AvgIpc) is 3.07. The van der Waals surface area contributed by atoms with Gasteiger partial charge < -0.3 is 10.2 Å². The van der Waals surface area contributed by atoms with Crippen molar-refractivity contribution in [2.24, 2.45) is 0 Å². The number of nitrogens with one attached hydrogen (secondary N) is 1. The van der Waals surface area contributed by atoms with Crippen LogP contribution >= 0.6 is 0 Å². The number of carbonyl (C=O) groups is 2. The van der Waals surface area contributed by atoms with Crippen LogP contribution in [0.25, 0.3) is 0 Å². The maximum atomic E-state index is 13.1. The molecule has 108 valence electrons. The Balaban J connectivity index is 2.31. The second-order valence-corrected chi connectivity index (χ2v) is 5.26. The van der Waals surface area contributed by atoms with Crippen LogP contribution in [0.3, 0.4) is 0 Å². The molecule has 0 aromatic carbocycles. The van der Waals surface area contributed by atoms with Gasteiger partial charge in [-0.15, -0.1) is 0 Å². The van der Waals surface area contributed by atoms with Crippen molar-refractivity contribution in [2.45, 2.75) is 63.3 Å². The lowest BCUT2D eigenvalue weighted by Crippen LogP contribution is -2.68. The van der Waals surface area contributed by atoms with E-state index in [0.717, 1.165) is 4.90 Å². The summed E-state index contributed by atoms with van der Waals surface area (Å²) in [5.74, 6) is -1.11. The predicted octanol–water partition coefficient (Wildman–Crippen LogP) is 1.60. The Morgan fingerprint density at radius 3 is 2.37 bits per heavy atom. The first kappa shape index (κ1) is 14.1. The number of hydrogen-bond acceptors (Lipinski definition) is 2. The lowest BCUT2D eigenvalue weighted by atomic mass is 10.0. The Morgan fingerprint density at radius 2 is 1.95 bits per heavy atom. The van der Waals surface area contributed by atoms with Crippen LogP contribution < -0.4 is 5.32 Å². The average molecular weight is 278 g/mol. The van der Waals surface area contributed by atoms with Crippen LogP contribution in [0.1, 0.15) is 39.5 Å². The van der Waals surface area contributed by atoms with Crippen LogP contribution in [-0.4, -0.2) is 40.5 Å². The second-order valence-electron chi connectivity index (χ2n) is 5.26. The van der Waals surface area contributed by atoms with E-state index in [1.807, 2.05) is 6.92 Å². The lowest BCUT2D eigenvalue weighted by molar-refractivity contribution is -0.209. The summed E-state index contributed by atoms with van der Waals surface area (Å²) in [7, 11) is 0. The highest BCUT2D eigenvalue weighted by Gasteiger charge is 2.70. The smallest absolute Gasteiger partial charge is 0.343 e. The molecule has 1 saturated carbocycles. The molecule has 1 N–H and O–H groups in total. The highest BCUT2D eigenvalue weighted by Crippen LogP contribution is 2.54. The van der Waals surface area contributed by atoms with Crippen molar-refractivity contribution >= 4 is 11.8 Å². The maximum Gasteiger partial charge on any atom is 0.411 e. The monoisotopic (exact) mass is 278 g/mol. The Labute approximate surface area is 109 Å². The molecule has 2 amide bonds. The molecule has 0 aromatic heterocycles. The van der Waals surface area contributed by atoms with E-state index in [1.165, 1.54) is 6.92 Å². The van der Waals surface area contributed by atoms with Gasteiger partial charge in [0, 0.05) is 0 Å². The van der Waals surface area contributed by atoms with Gasteiger partial charge in [0.25, 0.3) is 0 Å². The van der Waals surface area contributed by atoms with Crippen molar-refractivity contribution in [3.63, 3.8) is 0 Å². The van der Waals surface area contributed by atoms with E-state index in [1.54, 1.807) is 0 Å². The first-order valence-electron chi connectivity index (χ1n) is 6.45. The third-order valence-electron chi connectivity index (χ3n) is 3.91. The summed E-state index contributed by atoms with van der Waals surface area (Å²) >= 11 is 0. The van der Waals surface area contributed by atoms with Crippen molar-refractivity contribution in [3.8, 4) is 0 Å². The molecule has 2 unspecified atom stereocenters. The lowest BCUT2D eigenvalue weighted by Gasteiger charge is -2.43. The van der Waals surface area contributed by atoms with Crippen molar-refractivity contribution in [2.75, 3.05) is 0 Å². The topological polar surface area (TPSA) is 49.4 Å². The van der Waals surface area contributed by atoms with Gasteiger partial charge in [0.2, 0.25) is 11.8 Å². The summed E-state index contributed by atoms with van der Waals surface area (Å²) in [4.78, 5) is 24.8. The minimum atomic E-state index is -4.48. The number of amides is 2. The van der Waals surface area contributed by atoms with E-state index in [2.05, 4.69) is 5.32 Å². The Hall–Kier alpha value is -1.27. The van der Waals surface area contributed by atoms with E-state index in [0.29, 0.717) is 12.8 Å². The zero-order valence-electron chi connectivity index (χ0n) is 10.9. The number of carbonyl (C=O) groups excluding carboxylic acids is 2. The molecule has 1 aliphatic heterocycles. The molecule has 2 aliphatic rings. The fourth-order valence-electron chi connectivity index (χ4n) is 2.68. The minimum absolute atomic E-state index is 0.112. The molecule has 7 heteroatoms. The van der Waals surface area contributed by atoms with Crippen LogP contribution in [0.15, 0.2) is 0 Å². The standard InChI is InChI=1S/C12H17F3N2O2/c1-3-4-8-10(19)17(7(2)9(18)16-8)11(5-6-11)12(13,14)15/h7-8H,3-6H2,1-2H3,(H,16,18). The van der Waals surface area contributed by atoms with Crippen molar-refractivity contribution < 1.29 is 22.8 Å². The summed E-state index contributed by atoms with van der Waals surface area (Å²) < 4.78 is 39.4. The zero-order chi connectivity index (χ0) is 14.4. The van der Waals surface area contributed by atoms with Gasteiger partial charge in [-0.25, -0.2) is 0 Å². The van der Waals surface area contributed by atoms with E-state index >= 15 is 0 Å². The number of halogens is 3. The molecule has 4 nitrogen and oxygen atoms in total. The van der Waals surface area contributed by atoms with Gasteiger partial charge in [0.05, 0.1) is 0 Å². The zero-order valence-corrected chi connectivity index (χ0v) is 10.9. The molecule has 0 bridgehead atoms. The summed E-state index contributed by atoms with van der Waals surface area (Å²) in [5.41, 5.74) is -2.12. The highest BCUT2D eigenvalue weighted by atomic mass is 19.4. The van der Waals surface area contributed by atoms with Crippen molar-refractivity contribution in [1.29, 1.82) is 0 Å². The second kappa shape index (κ2) is 4.38. The third kappa shape index (κ3) is 2.08. The number of piperazine rings is 1. The van der Waals surface area contributed by atoms with Crippen LogP contribution in [0.2, 0.25) is 0 Å². The Kier molecular flexibility index (Phi) is 3.26. The van der Waals surface area contributed by atoms with Crippen LogP contribution in [0.4, 0.5) is 13.2 Å². The van der Waals surface area contributed by atoms with Crippen molar-refractivity contribution in [1.82, 2.24) is 10.2 Å². The Bertz CT molecular complexity index is 404. The molecule has 2 atom stereocenters. The molecular formula is C12H17F3N2O2. The van der Waals surface area contributed by atoms with E-state index in [-0.39, 0.29) is 12.8 Å². The molecular weight excluding hydrogens is 261 g/mol. The van der Waals surface area contributed by atoms with Gasteiger partial charge in [-0.3, -0.25) is 9.59 Å². The fraction of sp³-hybridized carbons (Fsp3) is 0.833. The molecule has 1 heterocycles. The molecule has 0 radical (unpaired) electrons. The number of hydrogen-bond donors (Lipinski definition) is 1. The predicted molar refractivity (Wildman–Crippen MR) is 61.2 cm³/mol. The van der Waals surface area contributed by atoms with Gasteiger partial charge in [0.15, 0.2) is 0 Å². The van der Waals surface area contributed by atoms with Crippen LogP contribution in [-0.2, 0) is 9.59 Å². The van der Waals surface area contributed by atoms with Crippen LogP contribution in [0.5, 0.6) is 0 Å². The summed E-state index contributed by atoms with van der Waals surface area (Å²) in [6, 6.07) is -1.89. The van der Waals surface area contributed by atoms with E-state index in [9.17, 15) is 22.8 Å².